The van der Waals surface area contributed by atoms with Gasteiger partial charge < -0.3 is 15.4 Å². The summed E-state index contributed by atoms with van der Waals surface area (Å²) in [5.41, 5.74) is 4.17. The van der Waals surface area contributed by atoms with Crippen molar-refractivity contribution >= 4 is 28.7 Å². The summed E-state index contributed by atoms with van der Waals surface area (Å²) in [5.74, 6) is 0.785. The van der Waals surface area contributed by atoms with Gasteiger partial charge in [0, 0.05) is 44.0 Å². The van der Waals surface area contributed by atoms with Gasteiger partial charge in [-0.15, -0.1) is 5.10 Å². The van der Waals surface area contributed by atoms with Crippen LogP contribution in [-0.2, 0) is 10.2 Å². The molecule has 2 saturated heterocycles. The Kier molecular flexibility index (Phi) is 5.81. The number of aromatic nitrogens is 4. The molecule has 0 bridgehead atoms. The summed E-state index contributed by atoms with van der Waals surface area (Å²) in [5, 5.41) is 11.0. The average molecular weight is 541 g/mol. The summed E-state index contributed by atoms with van der Waals surface area (Å²) in [4.78, 5) is 16.5. The highest BCUT2D eigenvalue weighted by Gasteiger charge is 2.62. The Morgan fingerprint density at radius 1 is 1.21 bits per heavy atom. The van der Waals surface area contributed by atoms with Crippen molar-refractivity contribution in [3.63, 3.8) is 0 Å². The Balaban J connectivity index is 1.16. The van der Waals surface area contributed by atoms with Gasteiger partial charge in [0.1, 0.15) is 11.7 Å². The Morgan fingerprint density at radius 3 is 2.77 bits per heavy atom. The number of pyridine rings is 1. The fourth-order valence-electron chi connectivity index (χ4n) is 6.52. The standard InChI is InChI=1S/C27H31F3N8O/c1-14-27(10-15(27)9-22(29)30)24-21(32-14)4-3-19(33-24)17-5-8-38-23(17)25(31-2)35-26(36-38)34-20-6-7-37(11-18(20)28)16-12-39-13-16/h3-5,8,15-16,18,20,22H,6-7,9-13H2,1-2H3,(H2,31,34,35,36)/t15?,18-,20-,27?/m1/s1. The van der Waals surface area contributed by atoms with Crippen LogP contribution in [0.1, 0.15) is 31.9 Å². The van der Waals surface area contributed by atoms with E-state index in [-0.39, 0.29) is 18.4 Å². The molecule has 3 fully saturated rings. The number of likely N-dealkylation sites (tertiary alicyclic amines) is 1. The van der Waals surface area contributed by atoms with Gasteiger partial charge in [0.25, 0.3) is 0 Å². The zero-order valence-corrected chi connectivity index (χ0v) is 21.9. The minimum Gasteiger partial charge on any atom is -0.378 e. The molecule has 4 aliphatic rings. The summed E-state index contributed by atoms with van der Waals surface area (Å²) >= 11 is 0. The number of hydrogen-bond acceptors (Lipinski definition) is 8. The fourth-order valence-corrected chi connectivity index (χ4v) is 6.52. The number of rotatable bonds is 7. The number of nitrogens with zero attached hydrogens (tertiary/aromatic N) is 6. The number of aliphatic imine (C=N–C) groups is 1. The average Bonchev–Trinajstić information content (AvgIpc) is 3.30. The second-order valence-corrected chi connectivity index (χ2v) is 11.1. The second-order valence-electron chi connectivity index (χ2n) is 11.1. The molecule has 39 heavy (non-hydrogen) atoms. The summed E-state index contributed by atoms with van der Waals surface area (Å²) in [7, 11) is 1.78. The number of anilines is 2. The molecule has 12 heteroatoms. The molecule has 0 aromatic carbocycles. The number of alkyl halides is 3. The van der Waals surface area contributed by atoms with E-state index >= 15 is 4.39 Å². The number of ether oxygens (including phenoxy) is 1. The van der Waals surface area contributed by atoms with Gasteiger partial charge in [0.15, 0.2) is 5.82 Å². The molecule has 6 heterocycles. The fraction of sp³-hybridized carbons (Fsp3) is 0.556. The molecule has 0 radical (unpaired) electrons. The van der Waals surface area contributed by atoms with Crippen LogP contribution in [0.5, 0.6) is 0 Å². The number of fused-ring (bicyclic) bond motifs is 3. The van der Waals surface area contributed by atoms with Crippen LogP contribution in [0, 0.1) is 5.92 Å². The normalized spacial score (nSPS) is 28.6. The van der Waals surface area contributed by atoms with E-state index in [1.807, 2.05) is 31.3 Å². The third-order valence-electron chi connectivity index (χ3n) is 8.85. The lowest BCUT2D eigenvalue weighted by Crippen LogP contribution is -2.57. The van der Waals surface area contributed by atoms with Crippen molar-refractivity contribution in [3.05, 3.63) is 30.1 Å². The van der Waals surface area contributed by atoms with E-state index in [1.165, 1.54) is 0 Å². The van der Waals surface area contributed by atoms with Gasteiger partial charge in [-0.3, -0.25) is 9.89 Å². The molecule has 3 aromatic heterocycles. The second kappa shape index (κ2) is 9.16. The third kappa shape index (κ3) is 3.98. The van der Waals surface area contributed by atoms with Crippen molar-refractivity contribution < 1.29 is 17.9 Å². The highest BCUT2D eigenvalue weighted by molar-refractivity contribution is 6.03. The Labute approximate surface area is 223 Å². The Morgan fingerprint density at radius 2 is 2.05 bits per heavy atom. The molecule has 1 saturated carbocycles. The largest absolute Gasteiger partial charge is 0.378 e. The Hall–Kier alpha value is -3.25. The predicted octanol–water partition coefficient (Wildman–Crippen LogP) is 4.08. The topological polar surface area (TPSA) is 92.0 Å². The lowest BCUT2D eigenvalue weighted by atomic mass is 9.93. The first-order chi connectivity index (χ1) is 18.9. The van der Waals surface area contributed by atoms with Crippen LogP contribution in [0.15, 0.2) is 29.4 Å². The van der Waals surface area contributed by atoms with Crippen LogP contribution in [0.3, 0.4) is 0 Å². The van der Waals surface area contributed by atoms with Crippen LogP contribution < -0.4 is 10.6 Å². The summed E-state index contributed by atoms with van der Waals surface area (Å²) in [6.45, 7) is 4.43. The van der Waals surface area contributed by atoms with Crippen molar-refractivity contribution in [3.8, 4) is 11.3 Å². The van der Waals surface area contributed by atoms with Gasteiger partial charge in [-0.05, 0) is 43.9 Å². The van der Waals surface area contributed by atoms with Crippen LogP contribution in [-0.4, -0.2) is 88.2 Å². The third-order valence-corrected chi connectivity index (χ3v) is 8.85. The molecule has 3 aromatic rings. The summed E-state index contributed by atoms with van der Waals surface area (Å²) in [6, 6.07) is 5.67. The number of nitrogens with one attached hydrogen (secondary N) is 2. The molecule has 7 rings (SSSR count). The predicted molar refractivity (Wildman–Crippen MR) is 142 cm³/mol. The summed E-state index contributed by atoms with van der Waals surface area (Å²) < 4.78 is 48.4. The highest BCUT2D eigenvalue weighted by Crippen LogP contribution is 2.62. The quantitative estimate of drug-likeness (QED) is 0.467. The molecule has 2 N–H and O–H groups in total. The van der Waals surface area contributed by atoms with Crippen molar-refractivity contribution in [1.82, 2.24) is 24.5 Å². The van der Waals surface area contributed by atoms with Gasteiger partial charge in [-0.1, -0.05) is 0 Å². The molecular weight excluding hydrogens is 509 g/mol. The van der Waals surface area contributed by atoms with Crippen molar-refractivity contribution in [1.29, 1.82) is 0 Å². The molecule has 206 valence electrons. The highest BCUT2D eigenvalue weighted by atomic mass is 19.3. The van der Waals surface area contributed by atoms with E-state index in [2.05, 4.69) is 30.6 Å². The number of hydrogen-bond donors (Lipinski definition) is 2. The molecule has 1 spiro atoms. The molecular formula is C27H31F3N8O. The zero-order valence-electron chi connectivity index (χ0n) is 21.9. The maximum absolute atomic E-state index is 15.0. The number of halogens is 3. The first-order valence-electron chi connectivity index (χ1n) is 13.5. The maximum atomic E-state index is 15.0. The van der Waals surface area contributed by atoms with E-state index in [0.29, 0.717) is 56.1 Å². The van der Waals surface area contributed by atoms with Gasteiger partial charge in [0.2, 0.25) is 12.4 Å². The summed E-state index contributed by atoms with van der Waals surface area (Å²) in [6.07, 6.45) is -0.403. The van der Waals surface area contributed by atoms with Crippen LogP contribution in [0.4, 0.5) is 30.6 Å². The molecule has 2 unspecified atom stereocenters. The van der Waals surface area contributed by atoms with Crippen molar-refractivity contribution in [2.24, 2.45) is 10.9 Å². The van der Waals surface area contributed by atoms with Crippen LogP contribution in [0.2, 0.25) is 0 Å². The van der Waals surface area contributed by atoms with Crippen molar-refractivity contribution in [2.75, 3.05) is 44.0 Å². The first-order valence-corrected chi connectivity index (χ1v) is 13.5. The van der Waals surface area contributed by atoms with Crippen LogP contribution >= 0.6 is 0 Å². The van der Waals surface area contributed by atoms with E-state index < -0.39 is 18.0 Å². The van der Waals surface area contributed by atoms with E-state index in [4.69, 9.17) is 9.72 Å². The van der Waals surface area contributed by atoms with E-state index in [0.717, 1.165) is 34.7 Å². The minimum atomic E-state index is -2.35. The zero-order chi connectivity index (χ0) is 26.9. The molecule has 4 atom stereocenters. The van der Waals surface area contributed by atoms with Gasteiger partial charge in [0.05, 0.1) is 47.8 Å². The van der Waals surface area contributed by atoms with Gasteiger partial charge >= 0.3 is 0 Å². The van der Waals surface area contributed by atoms with E-state index in [1.54, 1.807) is 11.6 Å². The van der Waals surface area contributed by atoms with Crippen molar-refractivity contribution in [2.45, 2.75) is 56.3 Å². The smallest absolute Gasteiger partial charge is 0.243 e. The van der Waals surface area contributed by atoms with Gasteiger partial charge in [-0.2, -0.15) is 4.98 Å². The maximum Gasteiger partial charge on any atom is 0.243 e. The lowest BCUT2D eigenvalue weighted by Gasteiger charge is -2.42. The number of piperidine rings is 1. The first kappa shape index (κ1) is 24.8. The molecule has 1 aliphatic carbocycles. The molecule has 0 amide bonds. The van der Waals surface area contributed by atoms with Crippen LogP contribution in [0.25, 0.3) is 16.8 Å². The minimum absolute atomic E-state index is 0.144. The molecule has 3 aliphatic heterocycles. The Bertz CT molecular complexity index is 1460. The SMILES string of the molecule is CNc1nc(N[C@@H]2CCN(C3COC3)C[C@H]2F)nn2ccc(-c3ccc4c(n3)C3(CC3CC(F)F)C(C)=N4)c12. The molecule has 9 nitrogen and oxygen atoms in total. The van der Waals surface area contributed by atoms with E-state index in [9.17, 15) is 8.78 Å². The monoisotopic (exact) mass is 540 g/mol. The van der Waals surface area contributed by atoms with Gasteiger partial charge in [-0.25, -0.2) is 22.7 Å². The lowest BCUT2D eigenvalue weighted by molar-refractivity contribution is -0.0794.